The van der Waals surface area contributed by atoms with Crippen molar-refractivity contribution in [3.8, 4) is 5.75 Å². The molecule has 4 N–H and O–H groups in total. The molecule has 0 aromatic heterocycles. The third kappa shape index (κ3) is 6.52. The summed E-state index contributed by atoms with van der Waals surface area (Å²) in [5.74, 6) is -0.610. The number of hydrogen-bond acceptors (Lipinski definition) is 6. The molecule has 1 fully saturated rings. The molecule has 3 aromatic rings. The highest BCUT2D eigenvalue weighted by atomic mass is 79.9. The van der Waals surface area contributed by atoms with Gasteiger partial charge in [-0.3, -0.25) is 9.59 Å². The van der Waals surface area contributed by atoms with E-state index in [2.05, 4.69) is 26.6 Å². The van der Waals surface area contributed by atoms with E-state index in [9.17, 15) is 24.2 Å². The largest absolute Gasteiger partial charge is 0.485 e. The summed E-state index contributed by atoms with van der Waals surface area (Å²) in [4.78, 5) is 27.0. The van der Waals surface area contributed by atoms with Crippen LogP contribution >= 0.6 is 15.9 Å². The van der Waals surface area contributed by atoms with E-state index < -0.39 is 41.6 Å². The molecule has 5 rings (SSSR count). The summed E-state index contributed by atoms with van der Waals surface area (Å²) in [6.45, 7) is 4.06. The van der Waals surface area contributed by atoms with E-state index in [1.54, 1.807) is 13.8 Å². The van der Waals surface area contributed by atoms with Crippen LogP contribution in [0.3, 0.4) is 0 Å². The lowest BCUT2D eigenvalue weighted by atomic mass is 9.86. The second kappa shape index (κ2) is 12.5. The summed E-state index contributed by atoms with van der Waals surface area (Å²) in [7, 11) is 0. The highest BCUT2D eigenvalue weighted by Crippen LogP contribution is 2.41. The second-order valence-corrected chi connectivity index (χ2v) is 12.3. The number of carbonyl (C=O) groups excluding carboxylic acids is 2. The topological polar surface area (TPSA) is 111 Å². The fraction of sp³-hybridized carbons (Fsp3) is 0.375. The number of benzene rings is 3. The predicted molar refractivity (Wildman–Crippen MR) is 161 cm³/mol. The Morgan fingerprint density at radius 1 is 1.17 bits per heavy atom. The maximum Gasteiger partial charge on any atom is 0.251 e. The molecule has 10 heteroatoms. The average Bonchev–Trinajstić information content (AvgIpc) is 3.39. The minimum absolute atomic E-state index is 0.0541. The van der Waals surface area contributed by atoms with E-state index in [4.69, 9.17) is 4.74 Å². The number of halogens is 2. The van der Waals surface area contributed by atoms with Gasteiger partial charge in [0.15, 0.2) is 0 Å². The van der Waals surface area contributed by atoms with Crippen LogP contribution in [-0.4, -0.2) is 59.0 Å². The molecule has 42 heavy (non-hydrogen) atoms. The molecule has 2 aliphatic rings. The van der Waals surface area contributed by atoms with Crippen molar-refractivity contribution in [2.45, 2.75) is 63.0 Å². The molecule has 1 saturated heterocycles. The van der Waals surface area contributed by atoms with Crippen LogP contribution in [0.1, 0.15) is 54.2 Å². The van der Waals surface area contributed by atoms with Gasteiger partial charge in [0.05, 0.1) is 23.9 Å². The third-order valence-electron chi connectivity index (χ3n) is 7.91. The van der Waals surface area contributed by atoms with Crippen LogP contribution in [0.2, 0.25) is 0 Å². The number of nitrogens with one attached hydrogen (secondary N) is 2. The fourth-order valence-electron chi connectivity index (χ4n) is 5.55. The first kappa shape index (κ1) is 30.2. The molecule has 4 atom stereocenters. The lowest BCUT2D eigenvalue weighted by Gasteiger charge is -2.43. The Labute approximate surface area is 253 Å². The zero-order chi connectivity index (χ0) is 30.0. The Bertz CT molecular complexity index is 1450. The first-order chi connectivity index (χ1) is 20.0. The summed E-state index contributed by atoms with van der Waals surface area (Å²) in [5.41, 5.74) is 1.05. The number of anilines is 1. The Morgan fingerprint density at radius 2 is 1.93 bits per heavy atom. The molecule has 0 radical (unpaired) electrons. The maximum atomic E-state index is 14.6. The van der Waals surface area contributed by atoms with Crippen molar-refractivity contribution in [2.24, 2.45) is 0 Å². The normalized spacial score (nSPS) is 20.9. The Hall–Kier alpha value is -3.31. The Morgan fingerprint density at radius 3 is 2.64 bits per heavy atom. The van der Waals surface area contributed by atoms with Crippen molar-refractivity contribution in [2.75, 3.05) is 18.0 Å². The standard InChI is InChI=1S/C32H35BrFN3O5/c1-32(2)30(40)29(22-17-21(33)11-13-27(22)42-32)35-18-26(38)24(15-19-7-4-3-5-8-19)36-31(41)20-10-12-23(34)25(16-20)37-14-6-9-28(37)39/h3-5,7-8,10-13,16-17,24,26,29-30,35,38,40H,6,9,14-15,18H2,1-2H3,(H,36,41)/t24-,26+,29-,30+/m0/s1. The quantitative estimate of drug-likeness (QED) is 0.278. The molecular weight excluding hydrogens is 605 g/mol. The summed E-state index contributed by atoms with van der Waals surface area (Å²) in [6.07, 6.45) is -0.664. The molecule has 222 valence electrons. The van der Waals surface area contributed by atoms with Gasteiger partial charge < -0.3 is 30.5 Å². The highest BCUT2D eigenvalue weighted by Gasteiger charge is 2.43. The molecular formula is C32H35BrFN3O5. The molecule has 2 aliphatic heterocycles. The van der Waals surface area contributed by atoms with E-state index >= 15 is 0 Å². The van der Waals surface area contributed by atoms with Gasteiger partial charge in [0, 0.05) is 35.1 Å². The van der Waals surface area contributed by atoms with Gasteiger partial charge in [0.2, 0.25) is 5.91 Å². The molecule has 2 amide bonds. The summed E-state index contributed by atoms with van der Waals surface area (Å²) < 4.78 is 21.5. The molecule has 8 nitrogen and oxygen atoms in total. The van der Waals surface area contributed by atoms with Crippen molar-refractivity contribution in [1.82, 2.24) is 10.6 Å². The molecule has 0 unspecified atom stereocenters. The van der Waals surface area contributed by atoms with E-state index in [0.717, 1.165) is 15.6 Å². The monoisotopic (exact) mass is 639 g/mol. The molecule has 0 saturated carbocycles. The summed E-state index contributed by atoms with van der Waals surface area (Å²) in [5, 5.41) is 28.8. The van der Waals surface area contributed by atoms with Crippen molar-refractivity contribution in [3.05, 3.63) is 93.7 Å². The Balaban J connectivity index is 1.36. The van der Waals surface area contributed by atoms with Crippen molar-refractivity contribution in [1.29, 1.82) is 0 Å². The minimum atomic E-state index is -1.05. The van der Waals surface area contributed by atoms with Gasteiger partial charge in [-0.2, -0.15) is 0 Å². The van der Waals surface area contributed by atoms with Crippen LogP contribution in [0.15, 0.2) is 71.2 Å². The molecule has 0 spiro atoms. The van der Waals surface area contributed by atoms with Gasteiger partial charge in [-0.25, -0.2) is 4.39 Å². The van der Waals surface area contributed by atoms with E-state index in [1.165, 1.54) is 23.1 Å². The van der Waals surface area contributed by atoms with Crippen LogP contribution in [0.25, 0.3) is 0 Å². The van der Waals surface area contributed by atoms with Crippen molar-refractivity contribution >= 4 is 33.4 Å². The zero-order valence-electron chi connectivity index (χ0n) is 23.5. The second-order valence-electron chi connectivity index (χ2n) is 11.4. The van der Waals surface area contributed by atoms with Crippen LogP contribution in [0.5, 0.6) is 5.75 Å². The smallest absolute Gasteiger partial charge is 0.251 e. The van der Waals surface area contributed by atoms with Gasteiger partial charge >= 0.3 is 0 Å². The van der Waals surface area contributed by atoms with E-state index in [-0.39, 0.29) is 23.7 Å². The predicted octanol–water partition coefficient (Wildman–Crippen LogP) is 4.28. The number of hydrogen-bond donors (Lipinski definition) is 4. The number of fused-ring (bicyclic) bond motifs is 1. The van der Waals surface area contributed by atoms with Gasteiger partial charge in [-0.05, 0) is 68.7 Å². The van der Waals surface area contributed by atoms with Crippen molar-refractivity contribution < 1.29 is 28.9 Å². The Kier molecular flexibility index (Phi) is 8.98. The van der Waals surface area contributed by atoms with Crippen LogP contribution < -0.4 is 20.3 Å². The molecule has 3 aromatic carbocycles. The van der Waals surface area contributed by atoms with Gasteiger partial charge in [-0.15, -0.1) is 0 Å². The molecule has 0 bridgehead atoms. The number of carbonyl (C=O) groups is 2. The van der Waals surface area contributed by atoms with Gasteiger partial charge in [0.25, 0.3) is 5.91 Å². The van der Waals surface area contributed by atoms with Crippen molar-refractivity contribution in [3.63, 3.8) is 0 Å². The lowest BCUT2D eigenvalue weighted by Crippen LogP contribution is -2.55. The molecule has 2 heterocycles. The van der Waals surface area contributed by atoms with E-state index in [0.29, 0.717) is 31.6 Å². The lowest BCUT2D eigenvalue weighted by molar-refractivity contribution is -0.117. The number of rotatable bonds is 9. The van der Waals surface area contributed by atoms with Crippen LogP contribution in [0.4, 0.5) is 10.1 Å². The summed E-state index contributed by atoms with van der Waals surface area (Å²) in [6, 6.07) is 17.7. The maximum absolute atomic E-state index is 14.6. The number of ether oxygens (including phenoxy) is 1. The van der Waals surface area contributed by atoms with Gasteiger partial charge in [0.1, 0.15) is 23.3 Å². The summed E-state index contributed by atoms with van der Waals surface area (Å²) >= 11 is 3.48. The molecule has 0 aliphatic carbocycles. The number of amides is 2. The zero-order valence-corrected chi connectivity index (χ0v) is 25.1. The SMILES string of the molecule is CC1(C)Oc2ccc(Br)cc2[C@H](NC[C@@H](O)[C@H](Cc2ccccc2)NC(=O)c2ccc(F)c(N3CCCC3=O)c2)[C@H]1O. The van der Waals surface area contributed by atoms with Crippen LogP contribution in [0, 0.1) is 5.82 Å². The van der Waals surface area contributed by atoms with Crippen LogP contribution in [-0.2, 0) is 11.2 Å². The third-order valence-corrected chi connectivity index (χ3v) is 8.40. The van der Waals surface area contributed by atoms with Gasteiger partial charge in [-0.1, -0.05) is 46.3 Å². The number of aliphatic hydroxyl groups excluding tert-OH is 2. The number of nitrogens with zero attached hydrogens (tertiary/aromatic N) is 1. The first-order valence-electron chi connectivity index (χ1n) is 14.1. The highest BCUT2D eigenvalue weighted by molar-refractivity contribution is 9.10. The fourth-order valence-corrected chi connectivity index (χ4v) is 5.93. The minimum Gasteiger partial charge on any atom is -0.485 e. The van der Waals surface area contributed by atoms with E-state index in [1.807, 2.05) is 48.5 Å². The number of aliphatic hydroxyl groups is 2. The average molecular weight is 641 g/mol. The first-order valence-corrected chi connectivity index (χ1v) is 14.9.